The third-order valence-electron chi connectivity index (χ3n) is 3.28. The Labute approximate surface area is 117 Å². The summed E-state index contributed by atoms with van der Waals surface area (Å²) in [6.45, 7) is 2.94. The number of carbonyl (C=O) groups excluding carboxylic acids is 2. The molecule has 1 aliphatic heterocycles. The highest BCUT2D eigenvalue weighted by molar-refractivity contribution is 5.92. The Balaban J connectivity index is 2.10. The van der Waals surface area contributed by atoms with Gasteiger partial charge in [-0.1, -0.05) is 0 Å². The maximum absolute atomic E-state index is 11.6. The van der Waals surface area contributed by atoms with Crippen LogP contribution in [0.3, 0.4) is 0 Å². The molecule has 0 aromatic carbocycles. The average Bonchev–Trinajstić information content (AvgIpc) is 2.47. The molecule has 0 bridgehead atoms. The molecule has 108 valence electrons. The van der Waals surface area contributed by atoms with E-state index in [4.69, 9.17) is 0 Å². The van der Waals surface area contributed by atoms with E-state index in [0.717, 1.165) is 19.4 Å². The predicted octanol–water partition coefficient (Wildman–Crippen LogP) is 0.686. The van der Waals surface area contributed by atoms with Crippen molar-refractivity contribution in [1.29, 1.82) is 0 Å². The standard InChI is InChI=1S/C13H18N4O3/c1-9(18)17-7-3-4-10(8-17)16-12-11(13(19)20-2)14-5-6-15-12/h5-6,10H,3-4,7-8H2,1-2H3,(H,15,16)/t10-/m1/s1. The van der Waals surface area contributed by atoms with E-state index in [9.17, 15) is 9.59 Å². The number of amides is 1. The van der Waals surface area contributed by atoms with E-state index in [2.05, 4.69) is 20.0 Å². The molecule has 20 heavy (non-hydrogen) atoms. The number of esters is 1. The molecule has 1 N–H and O–H groups in total. The van der Waals surface area contributed by atoms with Crippen LogP contribution in [0.25, 0.3) is 0 Å². The number of carbonyl (C=O) groups is 2. The molecular formula is C13H18N4O3. The lowest BCUT2D eigenvalue weighted by molar-refractivity contribution is -0.129. The van der Waals surface area contributed by atoms with Gasteiger partial charge in [0.05, 0.1) is 7.11 Å². The predicted molar refractivity (Wildman–Crippen MR) is 72.3 cm³/mol. The fourth-order valence-corrected chi connectivity index (χ4v) is 2.26. The van der Waals surface area contributed by atoms with E-state index in [0.29, 0.717) is 12.4 Å². The van der Waals surface area contributed by atoms with Crippen molar-refractivity contribution in [3.63, 3.8) is 0 Å². The fraction of sp³-hybridized carbons (Fsp3) is 0.538. The number of hydrogen-bond acceptors (Lipinski definition) is 6. The molecule has 1 aromatic rings. The normalized spacial score (nSPS) is 18.5. The van der Waals surface area contributed by atoms with Crippen LogP contribution < -0.4 is 5.32 Å². The third-order valence-corrected chi connectivity index (χ3v) is 3.28. The number of methoxy groups -OCH3 is 1. The summed E-state index contributed by atoms with van der Waals surface area (Å²) in [7, 11) is 1.30. The van der Waals surface area contributed by atoms with Crippen LogP contribution in [0.4, 0.5) is 5.82 Å². The summed E-state index contributed by atoms with van der Waals surface area (Å²) in [4.78, 5) is 32.9. The van der Waals surface area contributed by atoms with E-state index in [1.54, 1.807) is 11.8 Å². The minimum atomic E-state index is -0.528. The first-order valence-corrected chi connectivity index (χ1v) is 6.53. The maximum atomic E-state index is 11.6. The quantitative estimate of drug-likeness (QED) is 0.819. The van der Waals surface area contributed by atoms with Crippen LogP contribution in [-0.2, 0) is 9.53 Å². The van der Waals surface area contributed by atoms with Crippen molar-refractivity contribution in [2.24, 2.45) is 0 Å². The summed E-state index contributed by atoms with van der Waals surface area (Å²) in [6.07, 6.45) is 4.80. The van der Waals surface area contributed by atoms with E-state index in [1.807, 2.05) is 0 Å². The second-order valence-electron chi connectivity index (χ2n) is 4.69. The molecule has 1 fully saturated rings. The Morgan fingerprint density at radius 1 is 1.40 bits per heavy atom. The molecule has 0 saturated carbocycles. The van der Waals surface area contributed by atoms with Gasteiger partial charge in [0.15, 0.2) is 11.5 Å². The molecule has 1 amide bonds. The first-order chi connectivity index (χ1) is 9.61. The van der Waals surface area contributed by atoms with Gasteiger partial charge in [0, 0.05) is 38.4 Å². The molecule has 1 saturated heterocycles. The summed E-state index contributed by atoms with van der Waals surface area (Å²) in [5.74, 6) is -0.0709. The molecule has 0 unspecified atom stereocenters. The highest BCUT2D eigenvalue weighted by atomic mass is 16.5. The highest BCUT2D eigenvalue weighted by Gasteiger charge is 2.24. The molecule has 1 aromatic heterocycles. The van der Waals surface area contributed by atoms with Crippen LogP contribution in [0.5, 0.6) is 0 Å². The van der Waals surface area contributed by atoms with Gasteiger partial charge < -0.3 is 15.0 Å². The molecule has 0 aliphatic carbocycles. The SMILES string of the molecule is COC(=O)c1nccnc1N[C@@H]1CCCN(C(C)=O)C1. The van der Waals surface area contributed by atoms with Crippen molar-refractivity contribution < 1.29 is 14.3 Å². The first-order valence-electron chi connectivity index (χ1n) is 6.53. The number of aromatic nitrogens is 2. The molecule has 1 atom stereocenters. The topological polar surface area (TPSA) is 84.4 Å². The maximum Gasteiger partial charge on any atom is 0.360 e. The Morgan fingerprint density at radius 3 is 2.85 bits per heavy atom. The molecule has 7 heteroatoms. The molecule has 0 spiro atoms. The number of likely N-dealkylation sites (tertiary alicyclic amines) is 1. The van der Waals surface area contributed by atoms with Gasteiger partial charge in [-0.2, -0.15) is 0 Å². The molecule has 1 aliphatic rings. The largest absolute Gasteiger partial charge is 0.464 e. The number of nitrogens with zero attached hydrogens (tertiary/aromatic N) is 3. The molecule has 2 rings (SSSR count). The van der Waals surface area contributed by atoms with Crippen molar-refractivity contribution in [3.8, 4) is 0 Å². The lowest BCUT2D eigenvalue weighted by Gasteiger charge is -2.32. The van der Waals surface area contributed by atoms with Gasteiger partial charge in [-0.3, -0.25) is 4.79 Å². The van der Waals surface area contributed by atoms with Gasteiger partial charge in [-0.25, -0.2) is 14.8 Å². The van der Waals surface area contributed by atoms with Crippen molar-refractivity contribution in [2.45, 2.75) is 25.8 Å². The minimum Gasteiger partial charge on any atom is -0.464 e. The molecular weight excluding hydrogens is 260 g/mol. The number of hydrogen-bond donors (Lipinski definition) is 1. The Kier molecular flexibility index (Phi) is 4.49. The van der Waals surface area contributed by atoms with Crippen molar-refractivity contribution in [1.82, 2.24) is 14.9 Å². The van der Waals surface area contributed by atoms with Crippen molar-refractivity contribution in [2.75, 3.05) is 25.5 Å². The second-order valence-corrected chi connectivity index (χ2v) is 4.69. The average molecular weight is 278 g/mol. The van der Waals surface area contributed by atoms with Gasteiger partial charge in [0.1, 0.15) is 0 Å². The summed E-state index contributed by atoms with van der Waals surface area (Å²) >= 11 is 0. The zero-order chi connectivity index (χ0) is 14.5. The Hall–Kier alpha value is -2.18. The number of piperidine rings is 1. The van der Waals surface area contributed by atoms with Gasteiger partial charge in [-0.15, -0.1) is 0 Å². The molecule has 7 nitrogen and oxygen atoms in total. The van der Waals surface area contributed by atoms with Crippen LogP contribution in [0, 0.1) is 0 Å². The highest BCUT2D eigenvalue weighted by Crippen LogP contribution is 2.17. The van der Waals surface area contributed by atoms with Gasteiger partial charge >= 0.3 is 5.97 Å². The zero-order valence-electron chi connectivity index (χ0n) is 11.6. The number of rotatable bonds is 3. The van der Waals surface area contributed by atoms with Gasteiger partial charge in [0.2, 0.25) is 5.91 Å². The van der Waals surface area contributed by atoms with E-state index in [-0.39, 0.29) is 17.6 Å². The second kappa shape index (κ2) is 6.31. The van der Waals surface area contributed by atoms with Gasteiger partial charge in [-0.05, 0) is 12.8 Å². The number of nitrogens with one attached hydrogen (secondary N) is 1. The number of anilines is 1. The lowest BCUT2D eigenvalue weighted by atomic mass is 10.1. The summed E-state index contributed by atoms with van der Waals surface area (Å²) in [5.41, 5.74) is 0.162. The Morgan fingerprint density at radius 2 is 2.15 bits per heavy atom. The summed E-state index contributed by atoms with van der Waals surface area (Å²) in [5, 5.41) is 3.18. The fourth-order valence-electron chi connectivity index (χ4n) is 2.26. The summed E-state index contributed by atoms with van der Waals surface area (Å²) in [6, 6.07) is 0.0627. The Bertz CT molecular complexity index is 506. The van der Waals surface area contributed by atoms with E-state index in [1.165, 1.54) is 19.5 Å². The third kappa shape index (κ3) is 3.23. The zero-order valence-corrected chi connectivity index (χ0v) is 11.6. The smallest absolute Gasteiger partial charge is 0.360 e. The minimum absolute atomic E-state index is 0.0591. The van der Waals surface area contributed by atoms with E-state index >= 15 is 0 Å². The lowest BCUT2D eigenvalue weighted by Crippen LogP contribution is -2.44. The van der Waals surface area contributed by atoms with Crippen molar-refractivity contribution in [3.05, 3.63) is 18.1 Å². The van der Waals surface area contributed by atoms with Crippen molar-refractivity contribution >= 4 is 17.7 Å². The van der Waals surface area contributed by atoms with Crippen LogP contribution in [-0.4, -0.2) is 53.0 Å². The van der Waals surface area contributed by atoms with Crippen LogP contribution in [0.1, 0.15) is 30.3 Å². The van der Waals surface area contributed by atoms with Gasteiger partial charge in [0.25, 0.3) is 0 Å². The van der Waals surface area contributed by atoms with Crippen LogP contribution in [0.2, 0.25) is 0 Å². The number of ether oxygens (including phenoxy) is 1. The molecule has 2 heterocycles. The molecule has 0 radical (unpaired) electrons. The monoisotopic (exact) mass is 278 g/mol. The van der Waals surface area contributed by atoms with E-state index < -0.39 is 5.97 Å². The van der Waals surface area contributed by atoms with Crippen LogP contribution >= 0.6 is 0 Å². The summed E-state index contributed by atoms with van der Waals surface area (Å²) < 4.78 is 4.68. The first kappa shape index (κ1) is 14.2. The van der Waals surface area contributed by atoms with Crippen LogP contribution in [0.15, 0.2) is 12.4 Å².